The summed E-state index contributed by atoms with van der Waals surface area (Å²) in [5, 5.41) is 0.735. The number of benzene rings is 4. The van der Waals surface area contributed by atoms with Crippen molar-refractivity contribution in [3.05, 3.63) is 117 Å². The van der Waals surface area contributed by atoms with E-state index in [1.807, 2.05) is 60.7 Å². The van der Waals surface area contributed by atoms with Crippen LogP contribution in [-0.4, -0.2) is 25.8 Å². The first-order valence-corrected chi connectivity index (χ1v) is 14.0. The fraction of sp³-hybridized carbons (Fsp3) is 0.182. The fourth-order valence-corrected chi connectivity index (χ4v) is 4.21. The number of hydrogen-bond acceptors (Lipinski definition) is 4. The molecule has 0 aliphatic carbocycles. The third-order valence-corrected chi connectivity index (χ3v) is 6.88. The molecule has 0 unspecified atom stereocenters. The normalized spacial score (nSPS) is 10.5. The zero-order valence-corrected chi connectivity index (χ0v) is 24.2. The number of halogens is 3. The van der Waals surface area contributed by atoms with E-state index in [1.54, 1.807) is 12.1 Å². The lowest BCUT2D eigenvalue weighted by Crippen LogP contribution is -2.08. The van der Waals surface area contributed by atoms with Gasteiger partial charge in [-0.15, -0.1) is 0 Å². The molecule has 7 heteroatoms. The molecule has 0 radical (unpaired) electrons. The molecule has 0 heterocycles. The van der Waals surface area contributed by atoms with Gasteiger partial charge in [-0.1, -0.05) is 84.3 Å². The summed E-state index contributed by atoms with van der Waals surface area (Å²) in [6.07, 6.45) is 2.20. The van der Waals surface area contributed by atoms with E-state index < -0.39 is 5.97 Å². The third kappa shape index (κ3) is 8.52. The van der Waals surface area contributed by atoms with Crippen molar-refractivity contribution in [2.75, 3.05) is 19.8 Å². The van der Waals surface area contributed by atoms with E-state index in [0.29, 0.717) is 18.8 Å². The van der Waals surface area contributed by atoms with Crippen molar-refractivity contribution in [2.24, 2.45) is 0 Å². The van der Waals surface area contributed by atoms with Crippen molar-refractivity contribution in [2.45, 2.75) is 19.8 Å². The predicted octanol–water partition coefficient (Wildman–Crippen LogP) is 9.13. The summed E-state index contributed by atoms with van der Waals surface area (Å²) in [4.78, 5) is 12.6. The van der Waals surface area contributed by atoms with Gasteiger partial charge in [0, 0.05) is 23.8 Å². The highest BCUT2D eigenvalue weighted by Gasteiger charge is 2.14. The van der Waals surface area contributed by atoms with E-state index in [2.05, 4.69) is 18.8 Å². The molecule has 0 bridgehead atoms. The summed E-state index contributed by atoms with van der Waals surface area (Å²) in [5.74, 6) is 6.77. The van der Waals surface area contributed by atoms with Crippen LogP contribution in [0.1, 0.15) is 41.3 Å². The monoisotopic (exact) mass is 592 g/mol. The van der Waals surface area contributed by atoms with Crippen molar-refractivity contribution in [1.82, 2.24) is 0 Å². The molecule has 0 spiro atoms. The summed E-state index contributed by atoms with van der Waals surface area (Å²) in [5.41, 5.74) is 4.13. The standard InChI is InChI=1S/C33H27Cl3O4/c1-2-3-18-38-19-20-39-28-16-8-24(9-17-28)5-4-23-6-10-25(11-7-23)26-12-14-27(15-13-26)33(37)40-32-22-30(35)29(34)21-31(32)36/h6-17,21-22H,2-3,18-20H2,1H3. The van der Waals surface area contributed by atoms with E-state index in [1.165, 1.54) is 12.1 Å². The molecule has 204 valence electrons. The Hall–Kier alpha value is -3.46. The molecule has 4 aromatic carbocycles. The van der Waals surface area contributed by atoms with Gasteiger partial charge in [-0.3, -0.25) is 0 Å². The van der Waals surface area contributed by atoms with E-state index in [4.69, 9.17) is 49.0 Å². The minimum Gasteiger partial charge on any atom is -0.491 e. The Labute approximate surface area is 249 Å². The van der Waals surface area contributed by atoms with Crippen LogP contribution in [0.5, 0.6) is 11.5 Å². The van der Waals surface area contributed by atoms with Crippen molar-refractivity contribution in [3.63, 3.8) is 0 Å². The lowest BCUT2D eigenvalue weighted by molar-refractivity contribution is 0.0735. The van der Waals surface area contributed by atoms with Crippen LogP contribution in [0.3, 0.4) is 0 Å². The second kappa shape index (κ2) is 14.8. The zero-order chi connectivity index (χ0) is 28.3. The maximum absolute atomic E-state index is 12.6. The molecule has 0 fully saturated rings. The van der Waals surface area contributed by atoms with Crippen molar-refractivity contribution in [3.8, 4) is 34.5 Å². The van der Waals surface area contributed by atoms with Crippen LogP contribution in [0.15, 0.2) is 84.9 Å². The van der Waals surface area contributed by atoms with Crippen LogP contribution in [-0.2, 0) is 4.74 Å². The maximum Gasteiger partial charge on any atom is 0.343 e. The van der Waals surface area contributed by atoms with E-state index in [0.717, 1.165) is 47.5 Å². The van der Waals surface area contributed by atoms with Gasteiger partial charge in [0.15, 0.2) is 5.75 Å². The van der Waals surface area contributed by atoms with E-state index in [-0.39, 0.29) is 20.8 Å². The fourth-order valence-electron chi connectivity index (χ4n) is 3.63. The van der Waals surface area contributed by atoms with Crippen LogP contribution < -0.4 is 9.47 Å². The van der Waals surface area contributed by atoms with Gasteiger partial charge >= 0.3 is 5.97 Å². The Bertz CT molecular complexity index is 1490. The molecule has 4 aromatic rings. The molecule has 0 amide bonds. The summed E-state index contributed by atoms with van der Waals surface area (Å²) in [6.45, 7) is 4.03. The Morgan fingerprint density at radius 3 is 1.90 bits per heavy atom. The SMILES string of the molecule is CCCCOCCOc1ccc(C#Cc2ccc(-c3ccc(C(=O)Oc4cc(Cl)c(Cl)cc4Cl)cc3)cc2)cc1. The van der Waals surface area contributed by atoms with E-state index >= 15 is 0 Å². The van der Waals surface area contributed by atoms with Crippen LogP contribution >= 0.6 is 34.8 Å². The molecule has 40 heavy (non-hydrogen) atoms. The Kier molecular flexibility index (Phi) is 10.9. The summed E-state index contributed by atoms with van der Waals surface area (Å²) in [6, 6.07) is 25.6. The first-order chi connectivity index (χ1) is 19.4. The smallest absolute Gasteiger partial charge is 0.343 e. The second-order valence-electron chi connectivity index (χ2n) is 8.83. The van der Waals surface area contributed by atoms with E-state index in [9.17, 15) is 4.79 Å². The van der Waals surface area contributed by atoms with Gasteiger partial charge in [0.05, 0.1) is 27.2 Å². The van der Waals surface area contributed by atoms with Crippen LogP contribution in [0.25, 0.3) is 11.1 Å². The van der Waals surface area contributed by atoms with Crippen LogP contribution in [0.4, 0.5) is 0 Å². The Morgan fingerprint density at radius 2 is 1.27 bits per heavy atom. The summed E-state index contributed by atoms with van der Waals surface area (Å²) in [7, 11) is 0. The largest absolute Gasteiger partial charge is 0.491 e. The summed E-state index contributed by atoms with van der Waals surface area (Å²) >= 11 is 18.0. The zero-order valence-electron chi connectivity index (χ0n) is 21.9. The quantitative estimate of drug-likeness (QED) is 0.0605. The highest BCUT2D eigenvalue weighted by atomic mass is 35.5. The number of ether oxygens (including phenoxy) is 3. The first kappa shape index (κ1) is 29.5. The average Bonchev–Trinajstić information content (AvgIpc) is 2.97. The molecular weight excluding hydrogens is 567 g/mol. The lowest BCUT2D eigenvalue weighted by Gasteiger charge is -2.08. The van der Waals surface area contributed by atoms with Gasteiger partial charge in [-0.05, 0) is 72.1 Å². The number of hydrogen-bond donors (Lipinski definition) is 0. The summed E-state index contributed by atoms with van der Waals surface area (Å²) < 4.78 is 16.6. The number of carbonyl (C=O) groups excluding carboxylic acids is 1. The van der Waals surface area contributed by atoms with Gasteiger partial charge in [-0.2, -0.15) is 0 Å². The molecule has 0 saturated heterocycles. The molecule has 0 N–H and O–H groups in total. The highest BCUT2D eigenvalue weighted by molar-refractivity contribution is 6.43. The van der Waals surface area contributed by atoms with Crippen LogP contribution in [0, 0.1) is 11.8 Å². The molecule has 0 aliphatic rings. The molecule has 4 nitrogen and oxygen atoms in total. The Morgan fingerprint density at radius 1 is 0.700 bits per heavy atom. The maximum atomic E-state index is 12.6. The predicted molar refractivity (Wildman–Crippen MR) is 162 cm³/mol. The molecule has 0 atom stereocenters. The van der Waals surface area contributed by atoms with Gasteiger partial charge in [0.1, 0.15) is 12.4 Å². The van der Waals surface area contributed by atoms with Crippen molar-refractivity contribution < 1.29 is 19.0 Å². The van der Waals surface area contributed by atoms with Gasteiger partial charge in [-0.25, -0.2) is 4.79 Å². The van der Waals surface area contributed by atoms with Gasteiger partial charge < -0.3 is 14.2 Å². The highest BCUT2D eigenvalue weighted by Crippen LogP contribution is 2.34. The third-order valence-electron chi connectivity index (χ3n) is 5.86. The number of unbranched alkanes of at least 4 members (excludes halogenated alkanes) is 1. The van der Waals surface area contributed by atoms with Crippen LogP contribution in [0.2, 0.25) is 15.1 Å². The molecular formula is C33H27Cl3O4. The lowest BCUT2D eigenvalue weighted by atomic mass is 10.0. The minimum atomic E-state index is -0.548. The Balaban J connectivity index is 1.31. The minimum absolute atomic E-state index is 0.148. The van der Waals surface area contributed by atoms with Crippen molar-refractivity contribution >= 4 is 40.8 Å². The molecule has 0 saturated carbocycles. The van der Waals surface area contributed by atoms with Gasteiger partial charge in [0.2, 0.25) is 0 Å². The topological polar surface area (TPSA) is 44.8 Å². The van der Waals surface area contributed by atoms with Crippen molar-refractivity contribution in [1.29, 1.82) is 0 Å². The first-order valence-electron chi connectivity index (χ1n) is 12.8. The number of rotatable bonds is 10. The molecule has 4 rings (SSSR count). The van der Waals surface area contributed by atoms with Gasteiger partial charge in [0.25, 0.3) is 0 Å². The second-order valence-corrected chi connectivity index (χ2v) is 10.1. The number of esters is 1. The average molecular weight is 594 g/mol. The molecule has 0 aromatic heterocycles. The molecule has 0 aliphatic heterocycles. The number of carbonyl (C=O) groups is 1.